The predicted octanol–water partition coefficient (Wildman–Crippen LogP) is 8.17. The molecule has 0 aromatic rings. The van der Waals surface area contributed by atoms with Crippen LogP contribution in [0.2, 0.25) is 0 Å². The molecule has 0 spiro atoms. The van der Waals surface area contributed by atoms with Crippen LogP contribution in [0.3, 0.4) is 0 Å². The Labute approximate surface area is 364 Å². The van der Waals surface area contributed by atoms with Gasteiger partial charge in [0.15, 0.2) is 6.29 Å². The number of hydrogen-bond acceptors (Lipinski definition) is 10. The summed E-state index contributed by atoms with van der Waals surface area (Å²) in [4.78, 5) is 13.1. The molecule has 11 nitrogen and oxygen atoms in total. The highest BCUT2D eigenvalue weighted by Gasteiger charge is 2.44. The van der Waals surface area contributed by atoms with Crippen molar-refractivity contribution >= 4 is 5.91 Å². The van der Waals surface area contributed by atoms with Gasteiger partial charge in [-0.05, 0) is 77.0 Å². The molecule has 0 radical (unpaired) electrons. The Hall–Kier alpha value is -1.93. The Morgan fingerprint density at radius 3 is 1.62 bits per heavy atom. The smallest absolute Gasteiger partial charge is 0.249 e. The first-order valence-electron chi connectivity index (χ1n) is 24.1. The van der Waals surface area contributed by atoms with E-state index in [-0.39, 0.29) is 12.8 Å². The number of rotatable bonds is 39. The van der Waals surface area contributed by atoms with Crippen molar-refractivity contribution in [2.24, 2.45) is 0 Å². The van der Waals surface area contributed by atoms with Crippen LogP contribution < -0.4 is 5.32 Å². The molecule has 1 rings (SSSR count). The van der Waals surface area contributed by atoms with Gasteiger partial charge in [0.2, 0.25) is 5.91 Å². The van der Waals surface area contributed by atoms with E-state index in [1.54, 1.807) is 0 Å². The fourth-order valence-electron chi connectivity index (χ4n) is 7.33. The van der Waals surface area contributed by atoms with Crippen molar-refractivity contribution in [3.63, 3.8) is 0 Å². The molecule has 0 saturated carbocycles. The van der Waals surface area contributed by atoms with Gasteiger partial charge in [0.25, 0.3) is 0 Å². The van der Waals surface area contributed by atoms with Crippen LogP contribution >= 0.6 is 0 Å². The summed E-state index contributed by atoms with van der Waals surface area (Å²) in [6, 6.07) is -1.19. The van der Waals surface area contributed by atoms with E-state index in [1.807, 2.05) is 0 Å². The minimum atomic E-state index is -1.67. The van der Waals surface area contributed by atoms with Gasteiger partial charge in [-0.15, -0.1) is 0 Å². The predicted molar refractivity (Wildman–Crippen MR) is 242 cm³/mol. The van der Waals surface area contributed by atoms with Gasteiger partial charge >= 0.3 is 0 Å². The lowest BCUT2D eigenvalue weighted by Gasteiger charge is -2.40. The van der Waals surface area contributed by atoms with Crippen molar-refractivity contribution in [1.29, 1.82) is 0 Å². The molecule has 11 heteroatoms. The number of carbonyl (C=O) groups excluding carboxylic acids is 1. The Kier molecular flexibility index (Phi) is 36.2. The molecule has 0 aromatic heterocycles. The second-order valence-corrected chi connectivity index (χ2v) is 16.8. The Balaban J connectivity index is 2.47. The van der Waals surface area contributed by atoms with Crippen LogP contribution in [0.5, 0.6) is 0 Å². The first-order valence-corrected chi connectivity index (χ1v) is 24.1. The van der Waals surface area contributed by atoms with Crippen molar-refractivity contribution in [3.8, 4) is 0 Å². The van der Waals surface area contributed by atoms with Crippen LogP contribution in [0.25, 0.3) is 0 Å². The number of hydrogen-bond donors (Lipinski definition) is 8. The van der Waals surface area contributed by atoms with Gasteiger partial charge < -0.3 is 50.5 Å². The highest BCUT2D eigenvalue weighted by atomic mass is 16.7. The van der Waals surface area contributed by atoms with E-state index in [4.69, 9.17) is 9.47 Å². The highest BCUT2D eigenvalue weighted by molar-refractivity contribution is 5.80. The van der Waals surface area contributed by atoms with Gasteiger partial charge in [-0.1, -0.05) is 159 Å². The molecule has 1 aliphatic heterocycles. The maximum Gasteiger partial charge on any atom is 0.249 e. The maximum atomic E-state index is 13.1. The van der Waals surface area contributed by atoms with Crippen molar-refractivity contribution < 1.29 is 50.0 Å². The van der Waals surface area contributed by atoms with Crippen molar-refractivity contribution in [1.82, 2.24) is 5.32 Å². The van der Waals surface area contributed by atoms with Crippen LogP contribution in [-0.2, 0) is 14.3 Å². The summed E-state index contributed by atoms with van der Waals surface area (Å²) in [6.45, 7) is 3.37. The van der Waals surface area contributed by atoms with Gasteiger partial charge in [-0.3, -0.25) is 4.79 Å². The first-order chi connectivity index (χ1) is 29.2. The molecule has 60 heavy (non-hydrogen) atoms. The number of aliphatic hydroxyl groups excluding tert-OH is 7. The summed E-state index contributed by atoms with van der Waals surface area (Å²) in [5.74, 6) is -0.717. The number of ether oxygens (including phenoxy) is 2. The van der Waals surface area contributed by atoms with Crippen LogP contribution in [-0.4, -0.2) is 110 Å². The van der Waals surface area contributed by atoms with E-state index in [0.717, 1.165) is 51.4 Å². The Bertz CT molecular complexity index is 1110. The molecule has 8 N–H and O–H groups in total. The fraction of sp³-hybridized carbons (Fsp3) is 0.816. The SMILES string of the molecule is CCCCC/C=C\C=C/CCCCCCCCCCCC(O)C(=O)NC(COC1OC(CO)C(O)C(O)C1O)C(O)C(O)CCC/C=C/CC/C=C/CCCCCCCC. The van der Waals surface area contributed by atoms with Gasteiger partial charge in [0, 0.05) is 0 Å². The molecular weight excluding hydrogens is 763 g/mol. The Morgan fingerprint density at radius 1 is 0.583 bits per heavy atom. The van der Waals surface area contributed by atoms with E-state index in [2.05, 4.69) is 67.8 Å². The monoisotopic (exact) mass is 852 g/mol. The lowest BCUT2D eigenvalue weighted by molar-refractivity contribution is -0.303. The van der Waals surface area contributed by atoms with E-state index < -0.39 is 74.2 Å². The first kappa shape index (κ1) is 56.1. The van der Waals surface area contributed by atoms with Crippen molar-refractivity contribution in [2.75, 3.05) is 13.2 Å². The topological polar surface area (TPSA) is 189 Å². The van der Waals surface area contributed by atoms with E-state index in [0.29, 0.717) is 19.3 Å². The summed E-state index contributed by atoms with van der Waals surface area (Å²) >= 11 is 0. The molecule has 1 heterocycles. The largest absolute Gasteiger partial charge is 0.394 e. The maximum absolute atomic E-state index is 13.1. The number of amides is 1. The molecule has 1 saturated heterocycles. The van der Waals surface area contributed by atoms with Crippen molar-refractivity contribution in [2.45, 2.75) is 242 Å². The molecule has 1 aliphatic rings. The average molecular weight is 852 g/mol. The number of aliphatic hydroxyl groups is 7. The minimum Gasteiger partial charge on any atom is -0.394 e. The van der Waals surface area contributed by atoms with Crippen LogP contribution in [0.15, 0.2) is 48.6 Å². The third-order valence-electron chi connectivity index (χ3n) is 11.4. The lowest BCUT2D eigenvalue weighted by Crippen LogP contribution is -2.60. The zero-order valence-electron chi connectivity index (χ0n) is 37.7. The number of nitrogens with one attached hydrogen (secondary N) is 1. The molecule has 9 unspecified atom stereocenters. The second-order valence-electron chi connectivity index (χ2n) is 16.8. The summed E-state index contributed by atoms with van der Waals surface area (Å²) in [6.07, 6.45) is 34.4. The van der Waals surface area contributed by atoms with E-state index in [1.165, 1.54) is 89.9 Å². The van der Waals surface area contributed by atoms with Gasteiger partial charge in [-0.25, -0.2) is 0 Å². The molecule has 1 fully saturated rings. The van der Waals surface area contributed by atoms with Crippen molar-refractivity contribution in [3.05, 3.63) is 48.6 Å². The number of carbonyl (C=O) groups is 1. The van der Waals surface area contributed by atoms with Crippen LogP contribution in [0.4, 0.5) is 0 Å². The number of unbranched alkanes of at least 4 members (excludes halogenated alkanes) is 20. The van der Waals surface area contributed by atoms with Crippen LogP contribution in [0, 0.1) is 0 Å². The summed E-state index contributed by atoms with van der Waals surface area (Å²) in [7, 11) is 0. The molecule has 0 aliphatic carbocycles. The average Bonchev–Trinajstić information content (AvgIpc) is 3.25. The van der Waals surface area contributed by atoms with Crippen LogP contribution in [0.1, 0.15) is 187 Å². The third kappa shape index (κ3) is 27.9. The quantitative estimate of drug-likeness (QED) is 0.0170. The minimum absolute atomic E-state index is 0.243. The molecule has 9 atom stereocenters. The van der Waals surface area contributed by atoms with E-state index in [9.17, 15) is 40.5 Å². The molecule has 350 valence electrons. The standard InChI is InChI=1S/C49H89NO10/c1-3-5-7-9-11-13-15-17-19-20-21-23-25-27-29-31-33-35-37-42(53)48(58)50-40(39-59-49-47(57)46(56)45(55)43(38-51)60-49)44(54)41(52)36-34-32-30-28-26-24-22-18-16-14-12-10-8-6-4-2/h11,13,15,17-18,22,28,30,40-47,49,51-57H,3-10,12,14,16,19-21,23-27,29,31-39H2,1-2H3,(H,50,58)/b13-11-,17-15-,22-18+,30-28+. The van der Waals surface area contributed by atoms with Gasteiger partial charge in [0.05, 0.1) is 25.4 Å². The lowest BCUT2D eigenvalue weighted by atomic mass is 9.98. The molecule has 1 amide bonds. The normalized spacial score (nSPS) is 22.1. The summed E-state index contributed by atoms with van der Waals surface area (Å²) < 4.78 is 11.1. The fourth-order valence-corrected chi connectivity index (χ4v) is 7.33. The highest BCUT2D eigenvalue weighted by Crippen LogP contribution is 2.23. The zero-order chi connectivity index (χ0) is 44.1. The second kappa shape index (κ2) is 38.7. The molecule has 0 aromatic carbocycles. The number of allylic oxidation sites excluding steroid dienone is 8. The zero-order valence-corrected chi connectivity index (χ0v) is 37.7. The molecule has 0 bridgehead atoms. The summed E-state index contributed by atoms with van der Waals surface area (Å²) in [5.41, 5.74) is 0. The molecular formula is C49H89NO10. The third-order valence-corrected chi connectivity index (χ3v) is 11.4. The van der Waals surface area contributed by atoms with E-state index >= 15 is 0 Å². The van der Waals surface area contributed by atoms with Gasteiger partial charge in [-0.2, -0.15) is 0 Å². The Morgan fingerprint density at radius 2 is 1.05 bits per heavy atom. The van der Waals surface area contributed by atoms with Gasteiger partial charge in [0.1, 0.15) is 36.6 Å². The summed E-state index contributed by atoms with van der Waals surface area (Å²) in [5, 5.41) is 75.7.